The van der Waals surface area contributed by atoms with E-state index in [1.165, 1.54) is 35.0 Å². The molecule has 1 aliphatic carbocycles. The summed E-state index contributed by atoms with van der Waals surface area (Å²) in [4.78, 5) is 25.3. The minimum absolute atomic E-state index is 0.105. The van der Waals surface area contributed by atoms with Crippen LogP contribution in [-0.2, 0) is 19.6 Å². The predicted molar refractivity (Wildman–Crippen MR) is 116 cm³/mol. The van der Waals surface area contributed by atoms with Gasteiger partial charge in [0.25, 0.3) is 0 Å². The number of sulfonamides is 1. The van der Waals surface area contributed by atoms with Crippen LogP contribution in [0.2, 0.25) is 5.02 Å². The third-order valence-corrected chi connectivity index (χ3v) is 8.04. The fourth-order valence-corrected chi connectivity index (χ4v) is 5.75. The van der Waals surface area contributed by atoms with Crippen LogP contribution in [0, 0.1) is 5.92 Å². The Morgan fingerprint density at radius 2 is 1.73 bits per heavy atom. The van der Waals surface area contributed by atoms with Crippen LogP contribution in [0.1, 0.15) is 51.9 Å². The van der Waals surface area contributed by atoms with E-state index in [4.69, 9.17) is 11.6 Å². The number of nitrogens with zero attached hydrogens (tertiary/aromatic N) is 1. The molecular formula is C21H30ClN3O4S. The summed E-state index contributed by atoms with van der Waals surface area (Å²) in [5.41, 5.74) is 0. The summed E-state index contributed by atoms with van der Waals surface area (Å²) in [6.45, 7) is 2.14. The lowest BCUT2D eigenvalue weighted by atomic mass is 9.95. The topological polar surface area (TPSA) is 95.6 Å². The third-order valence-electron chi connectivity index (χ3n) is 5.91. The molecule has 2 fully saturated rings. The van der Waals surface area contributed by atoms with Crippen molar-refractivity contribution in [3.8, 4) is 0 Å². The van der Waals surface area contributed by atoms with E-state index in [0.29, 0.717) is 24.4 Å². The van der Waals surface area contributed by atoms with Gasteiger partial charge < -0.3 is 10.6 Å². The van der Waals surface area contributed by atoms with Crippen molar-refractivity contribution in [2.24, 2.45) is 5.92 Å². The molecule has 9 heteroatoms. The molecule has 0 aromatic heterocycles. The molecule has 0 radical (unpaired) electrons. The van der Waals surface area contributed by atoms with E-state index in [9.17, 15) is 18.0 Å². The second-order valence-electron chi connectivity index (χ2n) is 8.23. The summed E-state index contributed by atoms with van der Waals surface area (Å²) in [7, 11) is -3.69. The molecule has 3 rings (SSSR count). The van der Waals surface area contributed by atoms with Crippen LogP contribution in [0.3, 0.4) is 0 Å². The van der Waals surface area contributed by atoms with Gasteiger partial charge in [-0.1, -0.05) is 30.9 Å². The highest BCUT2D eigenvalue weighted by Gasteiger charge is 2.34. The Morgan fingerprint density at radius 3 is 2.40 bits per heavy atom. The van der Waals surface area contributed by atoms with Crippen molar-refractivity contribution in [1.29, 1.82) is 0 Å². The molecule has 2 amide bonds. The van der Waals surface area contributed by atoms with Crippen LogP contribution < -0.4 is 10.6 Å². The van der Waals surface area contributed by atoms with Gasteiger partial charge in [0.1, 0.15) is 6.04 Å². The Morgan fingerprint density at radius 1 is 1.07 bits per heavy atom. The number of amides is 2. The molecule has 1 aliphatic heterocycles. The van der Waals surface area contributed by atoms with Gasteiger partial charge in [-0.25, -0.2) is 8.42 Å². The summed E-state index contributed by atoms with van der Waals surface area (Å²) in [5, 5.41) is 6.25. The SMILES string of the molecule is C[C@@H](NC(=O)C1CCCN(S(=O)(=O)c2ccc(Cl)cc2)C1)C(=O)NC1CCCCC1. The summed E-state index contributed by atoms with van der Waals surface area (Å²) in [5.74, 6) is -0.945. The van der Waals surface area contributed by atoms with Crippen LogP contribution >= 0.6 is 11.6 Å². The average molecular weight is 456 g/mol. The molecular weight excluding hydrogens is 426 g/mol. The van der Waals surface area contributed by atoms with Crippen LogP contribution in [-0.4, -0.2) is 49.7 Å². The number of piperidine rings is 1. The highest BCUT2D eigenvalue weighted by Crippen LogP contribution is 2.25. The molecule has 2 aliphatic rings. The Hall–Kier alpha value is -1.64. The highest BCUT2D eigenvalue weighted by atomic mass is 35.5. The van der Waals surface area contributed by atoms with Gasteiger partial charge in [-0.3, -0.25) is 9.59 Å². The fourth-order valence-electron chi connectivity index (χ4n) is 4.10. The van der Waals surface area contributed by atoms with Crippen LogP contribution in [0.15, 0.2) is 29.2 Å². The molecule has 166 valence electrons. The first-order valence-corrected chi connectivity index (χ1v) is 12.5. The van der Waals surface area contributed by atoms with E-state index in [0.717, 1.165) is 25.7 Å². The number of hydrogen-bond donors (Lipinski definition) is 2. The van der Waals surface area contributed by atoms with E-state index in [-0.39, 0.29) is 29.3 Å². The van der Waals surface area contributed by atoms with E-state index < -0.39 is 22.0 Å². The van der Waals surface area contributed by atoms with Crippen molar-refractivity contribution < 1.29 is 18.0 Å². The minimum atomic E-state index is -3.69. The number of carbonyl (C=O) groups is 2. The second-order valence-corrected chi connectivity index (χ2v) is 10.6. The Kier molecular flexibility index (Phi) is 7.76. The number of carbonyl (C=O) groups excluding carboxylic acids is 2. The third kappa shape index (κ3) is 5.74. The Bertz CT molecular complexity index is 854. The van der Waals surface area contributed by atoms with Crippen molar-refractivity contribution >= 4 is 33.4 Å². The number of hydrogen-bond acceptors (Lipinski definition) is 4. The maximum absolute atomic E-state index is 12.9. The first-order chi connectivity index (χ1) is 14.3. The zero-order chi connectivity index (χ0) is 21.7. The van der Waals surface area contributed by atoms with Crippen molar-refractivity contribution in [3.63, 3.8) is 0 Å². The Balaban J connectivity index is 1.57. The summed E-state index contributed by atoms with van der Waals surface area (Å²) >= 11 is 5.85. The zero-order valence-electron chi connectivity index (χ0n) is 17.3. The molecule has 7 nitrogen and oxygen atoms in total. The summed E-state index contributed by atoms with van der Waals surface area (Å²) in [6.07, 6.45) is 6.58. The van der Waals surface area contributed by atoms with E-state index in [2.05, 4.69) is 10.6 Å². The van der Waals surface area contributed by atoms with E-state index >= 15 is 0 Å². The molecule has 1 heterocycles. The molecule has 2 N–H and O–H groups in total. The van der Waals surface area contributed by atoms with Gasteiger partial charge in [0.2, 0.25) is 21.8 Å². The molecule has 1 aromatic rings. The molecule has 1 saturated carbocycles. The first kappa shape index (κ1) is 23.0. The summed E-state index contributed by atoms with van der Waals surface area (Å²) < 4.78 is 27.2. The highest BCUT2D eigenvalue weighted by molar-refractivity contribution is 7.89. The molecule has 0 spiro atoms. The number of rotatable bonds is 6. The minimum Gasteiger partial charge on any atom is -0.352 e. The van der Waals surface area contributed by atoms with Crippen molar-refractivity contribution in [2.75, 3.05) is 13.1 Å². The van der Waals surface area contributed by atoms with Crippen LogP contribution in [0.4, 0.5) is 0 Å². The van der Waals surface area contributed by atoms with E-state index in [1.54, 1.807) is 6.92 Å². The van der Waals surface area contributed by atoms with Gasteiger partial charge in [0.05, 0.1) is 10.8 Å². The molecule has 30 heavy (non-hydrogen) atoms. The lowest BCUT2D eigenvalue weighted by molar-refractivity contribution is -0.131. The molecule has 0 bridgehead atoms. The van der Waals surface area contributed by atoms with Gasteiger partial charge >= 0.3 is 0 Å². The normalized spacial score (nSPS) is 22.3. The van der Waals surface area contributed by atoms with E-state index in [1.807, 2.05) is 0 Å². The maximum atomic E-state index is 12.9. The molecule has 1 saturated heterocycles. The van der Waals surface area contributed by atoms with Crippen LogP contribution in [0.5, 0.6) is 0 Å². The van der Waals surface area contributed by atoms with Crippen LogP contribution in [0.25, 0.3) is 0 Å². The predicted octanol–water partition coefficient (Wildman–Crippen LogP) is 2.69. The maximum Gasteiger partial charge on any atom is 0.243 e. The van der Waals surface area contributed by atoms with Crippen molar-refractivity contribution in [1.82, 2.24) is 14.9 Å². The Labute approximate surface area is 183 Å². The van der Waals surface area contributed by atoms with Gasteiger partial charge in [0.15, 0.2) is 0 Å². The monoisotopic (exact) mass is 455 g/mol. The number of halogens is 1. The average Bonchev–Trinajstić information content (AvgIpc) is 2.74. The van der Waals surface area contributed by atoms with Gasteiger partial charge in [-0.15, -0.1) is 0 Å². The lowest BCUT2D eigenvalue weighted by Gasteiger charge is -2.32. The fraction of sp³-hybridized carbons (Fsp3) is 0.619. The van der Waals surface area contributed by atoms with Gasteiger partial charge in [0, 0.05) is 24.2 Å². The first-order valence-electron chi connectivity index (χ1n) is 10.6. The quantitative estimate of drug-likeness (QED) is 0.689. The molecule has 1 unspecified atom stereocenters. The van der Waals surface area contributed by atoms with Crippen molar-refractivity contribution in [3.05, 3.63) is 29.3 Å². The number of benzene rings is 1. The summed E-state index contributed by atoms with van der Waals surface area (Å²) in [6, 6.07) is 5.55. The lowest BCUT2D eigenvalue weighted by Crippen LogP contribution is -2.52. The second kappa shape index (κ2) is 10.1. The van der Waals surface area contributed by atoms with Crippen molar-refractivity contribution in [2.45, 2.75) is 68.8 Å². The molecule has 1 aromatic carbocycles. The largest absolute Gasteiger partial charge is 0.352 e. The standard InChI is InChI=1S/C21H30ClN3O4S/c1-15(20(26)24-18-7-3-2-4-8-18)23-21(27)16-6-5-13-25(14-16)30(28,29)19-11-9-17(22)10-12-19/h9-12,15-16,18H,2-8,13-14H2,1H3,(H,23,27)(H,24,26)/t15-,16?/m1/s1. The van der Waals surface area contributed by atoms with Gasteiger partial charge in [-0.2, -0.15) is 4.31 Å². The smallest absolute Gasteiger partial charge is 0.243 e. The van der Waals surface area contributed by atoms with Gasteiger partial charge in [-0.05, 0) is 56.9 Å². The molecule has 2 atom stereocenters. The number of nitrogens with one attached hydrogen (secondary N) is 2. The zero-order valence-corrected chi connectivity index (χ0v) is 18.8.